The first-order valence-electron chi connectivity index (χ1n) is 2.85. The van der Waals surface area contributed by atoms with Crippen LogP contribution in [0.2, 0.25) is 0 Å². The Balaban J connectivity index is 2.80. The summed E-state index contributed by atoms with van der Waals surface area (Å²) in [7, 11) is 0. The molecule has 0 unspecified atom stereocenters. The molecule has 1 aromatic heterocycles. The lowest BCUT2D eigenvalue weighted by Crippen LogP contribution is -1.87. The third-order valence-corrected chi connectivity index (χ3v) is 0.999. The normalized spacial score (nSPS) is 11.4. The topological polar surface area (TPSA) is 38.0 Å². The Morgan fingerprint density at radius 3 is 3.00 bits per heavy atom. The van der Waals surface area contributed by atoms with Crippen LogP contribution in [0, 0.1) is 0 Å². The van der Waals surface area contributed by atoms with E-state index in [1.165, 1.54) is 17.0 Å². The third kappa shape index (κ3) is 1.48. The zero-order valence-corrected chi connectivity index (χ0v) is 5.44. The highest BCUT2D eigenvalue weighted by atomic mass is 16.3. The van der Waals surface area contributed by atoms with E-state index in [0.717, 1.165) is 0 Å². The summed E-state index contributed by atoms with van der Waals surface area (Å²) in [5.74, 6) is 0.101. The van der Waals surface area contributed by atoms with Crippen LogP contribution in [-0.2, 0) is 0 Å². The maximum atomic E-state index is 8.91. The van der Waals surface area contributed by atoms with Crippen molar-refractivity contribution in [3.8, 4) is 0 Å². The summed E-state index contributed by atoms with van der Waals surface area (Å²) in [4.78, 5) is 0. The van der Waals surface area contributed by atoms with E-state index in [-0.39, 0.29) is 5.76 Å². The van der Waals surface area contributed by atoms with Crippen LogP contribution in [0.5, 0.6) is 0 Å². The van der Waals surface area contributed by atoms with E-state index in [4.69, 9.17) is 5.11 Å². The van der Waals surface area contributed by atoms with Gasteiger partial charge in [-0.2, -0.15) is 5.10 Å². The van der Waals surface area contributed by atoms with E-state index in [9.17, 15) is 0 Å². The number of aromatic nitrogens is 2. The molecule has 1 heterocycles. The van der Waals surface area contributed by atoms with Gasteiger partial charge in [0, 0.05) is 12.4 Å². The standard InChI is InChI=1S/C7H8N2O/c1-2-7(10)6-9-5-3-4-8-9/h2-6,10H,1H2/b7-6+. The van der Waals surface area contributed by atoms with Crippen molar-refractivity contribution in [2.45, 2.75) is 0 Å². The SMILES string of the molecule is C=C/C(O)=C\n1cccn1. The number of hydrogen-bond acceptors (Lipinski definition) is 2. The molecule has 0 saturated heterocycles. The van der Waals surface area contributed by atoms with Gasteiger partial charge in [0.25, 0.3) is 0 Å². The van der Waals surface area contributed by atoms with Crippen LogP contribution in [0.15, 0.2) is 36.9 Å². The van der Waals surface area contributed by atoms with Gasteiger partial charge >= 0.3 is 0 Å². The van der Waals surface area contributed by atoms with E-state index in [2.05, 4.69) is 11.7 Å². The van der Waals surface area contributed by atoms with Gasteiger partial charge in [-0.1, -0.05) is 6.58 Å². The smallest absolute Gasteiger partial charge is 0.133 e. The molecule has 1 N–H and O–H groups in total. The molecule has 1 aromatic rings. The molecule has 0 atom stereocenters. The Labute approximate surface area is 58.9 Å². The van der Waals surface area contributed by atoms with Crippen molar-refractivity contribution in [2.24, 2.45) is 0 Å². The molecule has 1 rings (SSSR count). The van der Waals surface area contributed by atoms with E-state index >= 15 is 0 Å². The molecule has 3 heteroatoms. The van der Waals surface area contributed by atoms with Crippen molar-refractivity contribution < 1.29 is 5.11 Å². The molecule has 52 valence electrons. The summed E-state index contributed by atoms with van der Waals surface area (Å²) in [5.41, 5.74) is 0. The molecule has 0 aromatic carbocycles. The molecule has 0 spiro atoms. The first kappa shape index (κ1) is 6.61. The van der Waals surface area contributed by atoms with Crippen molar-refractivity contribution >= 4 is 6.20 Å². The molecule has 0 radical (unpaired) electrons. The van der Waals surface area contributed by atoms with Gasteiger partial charge in [0.15, 0.2) is 0 Å². The second-order valence-corrected chi connectivity index (χ2v) is 1.74. The van der Waals surface area contributed by atoms with Crippen LogP contribution in [0.25, 0.3) is 6.20 Å². The molecule has 0 amide bonds. The highest BCUT2D eigenvalue weighted by molar-refractivity contribution is 5.30. The predicted octanol–water partition coefficient (Wildman–Crippen LogP) is 1.43. The van der Waals surface area contributed by atoms with Gasteiger partial charge in [0.1, 0.15) is 5.76 Å². The number of allylic oxidation sites excluding steroid dienone is 1. The minimum Gasteiger partial charge on any atom is -0.506 e. The summed E-state index contributed by atoms with van der Waals surface area (Å²) in [6.45, 7) is 3.38. The van der Waals surface area contributed by atoms with Crippen LogP contribution < -0.4 is 0 Å². The third-order valence-electron chi connectivity index (χ3n) is 0.999. The second-order valence-electron chi connectivity index (χ2n) is 1.74. The van der Waals surface area contributed by atoms with E-state index in [0.29, 0.717) is 0 Å². The van der Waals surface area contributed by atoms with Gasteiger partial charge in [-0.3, -0.25) is 0 Å². The fourth-order valence-corrected chi connectivity index (χ4v) is 0.545. The lowest BCUT2D eigenvalue weighted by molar-refractivity contribution is 0.435. The second kappa shape index (κ2) is 2.87. The van der Waals surface area contributed by atoms with Crippen molar-refractivity contribution in [3.05, 3.63) is 36.9 Å². The summed E-state index contributed by atoms with van der Waals surface area (Å²) >= 11 is 0. The van der Waals surface area contributed by atoms with Gasteiger partial charge in [0.2, 0.25) is 0 Å². The van der Waals surface area contributed by atoms with Gasteiger partial charge in [-0.15, -0.1) is 0 Å². The average Bonchev–Trinajstić information content (AvgIpc) is 2.40. The highest BCUT2D eigenvalue weighted by Gasteiger charge is 1.84. The summed E-state index contributed by atoms with van der Waals surface area (Å²) in [5, 5.41) is 12.7. The highest BCUT2D eigenvalue weighted by Crippen LogP contribution is 1.92. The zero-order chi connectivity index (χ0) is 7.40. The molecular formula is C7H8N2O. The van der Waals surface area contributed by atoms with Crippen LogP contribution in [0.3, 0.4) is 0 Å². The number of rotatable bonds is 2. The Morgan fingerprint density at radius 1 is 1.70 bits per heavy atom. The van der Waals surface area contributed by atoms with Gasteiger partial charge in [-0.25, -0.2) is 4.68 Å². The van der Waals surface area contributed by atoms with Gasteiger partial charge < -0.3 is 5.11 Å². The lowest BCUT2D eigenvalue weighted by Gasteiger charge is -1.90. The van der Waals surface area contributed by atoms with Crippen molar-refractivity contribution in [1.29, 1.82) is 0 Å². The quantitative estimate of drug-likeness (QED) is 0.493. The van der Waals surface area contributed by atoms with Crippen LogP contribution in [0.4, 0.5) is 0 Å². The molecule has 10 heavy (non-hydrogen) atoms. The first-order chi connectivity index (χ1) is 4.83. The minimum absolute atomic E-state index is 0.101. The molecule has 0 aliphatic heterocycles. The number of aliphatic hydroxyl groups excluding tert-OH is 1. The first-order valence-corrected chi connectivity index (χ1v) is 2.85. The fraction of sp³-hybridized carbons (Fsp3) is 0. The number of nitrogens with zero attached hydrogens (tertiary/aromatic N) is 2. The monoisotopic (exact) mass is 136 g/mol. The van der Waals surface area contributed by atoms with Crippen molar-refractivity contribution in [3.63, 3.8) is 0 Å². The maximum absolute atomic E-state index is 8.91. The molecule has 0 aliphatic rings. The largest absolute Gasteiger partial charge is 0.506 e. The fourth-order valence-electron chi connectivity index (χ4n) is 0.545. The van der Waals surface area contributed by atoms with Crippen molar-refractivity contribution in [2.75, 3.05) is 0 Å². The van der Waals surface area contributed by atoms with E-state index in [1.54, 1.807) is 18.5 Å². The van der Waals surface area contributed by atoms with Crippen LogP contribution in [0.1, 0.15) is 0 Å². The number of aliphatic hydroxyl groups is 1. The summed E-state index contributed by atoms with van der Waals surface area (Å²) < 4.78 is 1.50. The lowest BCUT2D eigenvalue weighted by atomic mass is 10.5. The predicted molar refractivity (Wildman–Crippen MR) is 39.3 cm³/mol. The summed E-state index contributed by atoms with van der Waals surface area (Å²) in [6, 6.07) is 1.77. The Kier molecular flexibility index (Phi) is 1.89. The molecule has 0 fully saturated rings. The van der Waals surface area contributed by atoms with Crippen molar-refractivity contribution in [1.82, 2.24) is 9.78 Å². The van der Waals surface area contributed by atoms with Crippen LogP contribution >= 0.6 is 0 Å². The average molecular weight is 136 g/mol. The zero-order valence-electron chi connectivity index (χ0n) is 5.44. The Morgan fingerprint density at radius 2 is 2.50 bits per heavy atom. The summed E-state index contributed by atoms with van der Waals surface area (Å²) in [6.07, 6.45) is 6.17. The Hall–Kier alpha value is -1.51. The molecule has 3 nitrogen and oxygen atoms in total. The number of hydrogen-bond donors (Lipinski definition) is 1. The van der Waals surface area contributed by atoms with Gasteiger partial charge in [-0.05, 0) is 12.1 Å². The van der Waals surface area contributed by atoms with E-state index in [1.807, 2.05) is 0 Å². The molecule has 0 aliphatic carbocycles. The minimum atomic E-state index is 0.101. The van der Waals surface area contributed by atoms with Crippen LogP contribution in [-0.4, -0.2) is 14.9 Å². The molecule has 0 saturated carbocycles. The Bertz CT molecular complexity index is 236. The molecule has 0 bridgehead atoms. The maximum Gasteiger partial charge on any atom is 0.133 e. The molecular weight excluding hydrogens is 128 g/mol. The van der Waals surface area contributed by atoms with E-state index < -0.39 is 0 Å². The van der Waals surface area contributed by atoms with Gasteiger partial charge in [0.05, 0.1) is 6.20 Å².